The summed E-state index contributed by atoms with van der Waals surface area (Å²) < 4.78 is 2.00. The molecule has 0 bridgehead atoms. The van der Waals surface area contributed by atoms with Gasteiger partial charge < -0.3 is 11.1 Å². The van der Waals surface area contributed by atoms with Crippen LogP contribution in [0.2, 0.25) is 0 Å². The number of anilines is 3. The van der Waals surface area contributed by atoms with Crippen molar-refractivity contribution in [2.45, 2.75) is 0 Å². The molecule has 0 unspecified atom stereocenters. The molecule has 3 aromatic rings. The monoisotopic (exact) mass is 391 g/mol. The molecule has 3 N–H and O–H groups in total. The molecule has 1 heterocycles. The highest BCUT2D eigenvalue weighted by Gasteiger charge is 2.03. The Morgan fingerprint density at radius 2 is 1.80 bits per heavy atom. The highest BCUT2D eigenvalue weighted by Crippen LogP contribution is 2.29. The van der Waals surface area contributed by atoms with Gasteiger partial charge >= 0.3 is 0 Å². The zero-order valence-electron chi connectivity index (χ0n) is 10.4. The quantitative estimate of drug-likeness (QED) is 0.597. The van der Waals surface area contributed by atoms with Gasteiger partial charge in [-0.1, -0.05) is 15.9 Å². The first-order chi connectivity index (χ1) is 9.61. The summed E-state index contributed by atoms with van der Waals surface area (Å²) in [7, 11) is 0. The number of nitrogen functional groups attached to an aromatic ring is 1. The Labute approximate surface area is 133 Å². The summed E-state index contributed by atoms with van der Waals surface area (Å²) in [6.07, 6.45) is 0. The number of hydrogen-bond donors (Lipinski definition) is 2. The average molecular weight is 393 g/mol. The number of nitrogens with two attached hydrogens (primary N) is 1. The summed E-state index contributed by atoms with van der Waals surface area (Å²) in [4.78, 5) is 4.58. The third-order valence-corrected chi connectivity index (χ3v) is 4.06. The van der Waals surface area contributed by atoms with Crippen molar-refractivity contribution in [1.29, 1.82) is 0 Å². The van der Waals surface area contributed by atoms with Crippen LogP contribution in [0.15, 0.2) is 57.5 Å². The summed E-state index contributed by atoms with van der Waals surface area (Å²) in [5, 5.41) is 4.33. The van der Waals surface area contributed by atoms with Crippen molar-refractivity contribution in [1.82, 2.24) is 4.98 Å². The second kappa shape index (κ2) is 5.42. The van der Waals surface area contributed by atoms with Gasteiger partial charge in [-0.25, -0.2) is 4.98 Å². The third-order valence-electron chi connectivity index (χ3n) is 2.91. The van der Waals surface area contributed by atoms with E-state index in [0.29, 0.717) is 0 Å². The Morgan fingerprint density at radius 3 is 2.60 bits per heavy atom. The number of benzene rings is 2. The Bertz CT molecular complexity index is 787. The van der Waals surface area contributed by atoms with Gasteiger partial charge in [-0.05, 0) is 64.5 Å². The molecule has 3 nitrogen and oxygen atoms in total. The molecule has 2 aromatic carbocycles. The molecule has 100 valence electrons. The van der Waals surface area contributed by atoms with Crippen LogP contribution in [0.4, 0.5) is 17.2 Å². The van der Waals surface area contributed by atoms with E-state index in [2.05, 4.69) is 42.2 Å². The van der Waals surface area contributed by atoms with Gasteiger partial charge in [0.1, 0.15) is 5.82 Å². The highest BCUT2D eigenvalue weighted by molar-refractivity contribution is 9.11. The molecule has 0 aliphatic carbocycles. The number of pyridine rings is 1. The smallest absolute Gasteiger partial charge is 0.131 e. The standard InChI is InChI=1S/C15H11Br2N3/c16-10-2-4-14(12(17)8-10)20-15-6-1-9-7-11(18)3-5-13(9)19-15/h1-8H,18H2,(H,19,20). The summed E-state index contributed by atoms with van der Waals surface area (Å²) >= 11 is 6.96. The maximum Gasteiger partial charge on any atom is 0.131 e. The highest BCUT2D eigenvalue weighted by atomic mass is 79.9. The van der Waals surface area contributed by atoms with Gasteiger partial charge in [0.05, 0.1) is 11.2 Å². The van der Waals surface area contributed by atoms with E-state index in [1.807, 2.05) is 48.5 Å². The van der Waals surface area contributed by atoms with Crippen molar-refractivity contribution < 1.29 is 0 Å². The molecule has 0 aliphatic rings. The minimum atomic E-state index is 0.746. The predicted octanol–water partition coefficient (Wildman–Crippen LogP) is 5.09. The fourth-order valence-electron chi connectivity index (χ4n) is 1.94. The third kappa shape index (κ3) is 2.78. The molecule has 5 heteroatoms. The lowest BCUT2D eigenvalue weighted by atomic mass is 10.2. The van der Waals surface area contributed by atoms with Crippen LogP contribution in [-0.2, 0) is 0 Å². The van der Waals surface area contributed by atoms with E-state index in [0.717, 1.165) is 37.0 Å². The summed E-state index contributed by atoms with van der Waals surface area (Å²) in [6, 6.07) is 15.6. The van der Waals surface area contributed by atoms with E-state index in [4.69, 9.17) is 5.73 Å². The average Bonchev–Trinajstić information content (AvgIpc) is 2.42. The lowest BCUT2D eigenvalue weighted by molar-refractivity contribution is 1.36. The van der Waals surface area contributed by atoms with Crippen LogP contribution in [0.5, 0.6) is 0 Å². The second-order valence-corrected chi connectivity index (χ2v) is 6.17. The maximum atomic E-state index is 5.77. The van der Waals surface area contributed by atoms with Gasteiger partial charge in [-0.3, -0.25) is 0 Å². The summed E-state index contributed by atoms with van der Waals surface area (Å²) in [5.41, 5.74) is 8.39. The first-order valence-electron chi connectivity index (χ1n) is 6.00. The topological polar surface area (TPSA) is 50.9 Å². The van der Waals surface area contributed by atoms with E-state index in [-0.39, 0.29) is 0 Å². The number of nitrogens with zero attached hydrogens (tertiary/aromatic N) is 1. The summed E-state index contributed by atoms with van der Waals surface area (Å²) in [5.74, 6) is 0.797. The molecule has 0 fully saturated rings. The van der Waals surface area contributed by atoms with E-state index in [1.54, 1.807) is 0 Å². The Hall–Kier alpha value is -1.59. The van der Waals surface area contributed by atoms with Gasteiger partial charge in [-0.15, -0.1) is 0 Å². The first kappa shape index (κ1) is 13.4. The van der Waals surface area contributed by atoms with E-state index in [9.17, 15) is 0 Å². The van der Waals surface area contributed by atoms with Gasteiger partial charge in [0, 0.05) is 20.0 Å². The van der Waals surface area contributed by atoms with Crippen molar-refractivity contribution in [3.8, 4) is 0 Å². The lowest BCUT2D eigenvalue weighted by Gasteiger charge is -2.09. The number of halogens is 2. The van der Waals surface area contributed by atoms with Crippen LogP contribution in [-0.4, -0.2) is 4.98 Å². The van der Waals surface area contributed by atoms with Crippen molar-refractivity contribution in [2.75, 3.05) is 11.1 Å². The Kier molecular flexibility index (Phi) is 3.63. The van der Waals surface area contributed by atoms with Crippen LogP contribution in [0.25, 0.3) is 10.9 Å². The first-order valence-corrected chi connectivity index (χ1v) is 7.59. The maximum absolute atomic E-state index is 5.77. The van der Waals surface area contributed by atoms with Crippen LogP contribution in [0.3, 0.4) is 0 Å². The van der Waals surface area contributed by atoms with Crippen molar-refractivity contribution in [3.63, 3.8) is 0 Å². The molecule has 0 atom stereocenters. The van der Waals surface area contributed by atoms with Crippen molar-refractivity contribution in [3.05, 3.63) is 57.5 Å². The van der Waals surface area contributed by atoms with Crippen LogP contribution in [0, 0.1) is 0 Å². The van der Waals surface area contributed by atoms with E-state index >= 15 is 0 Å². The van der Waals surface area contributed by atoms with E-state index < -0.39 is 0 Å². The van der Waals surface area contributed by atoms with Gasteiger partial charge in [0.2, 0.25) is 0 Å². The molecule has 0 amide bonds. The molecular weight excluding hydrogens is 382 g/mol. The van der Waals surface area contributed by atoms with Crippen molar-refractivity contribution in [2.24, 2.45) is 0 Å². The van der Waals surface area contributed by atoms with Crippen LogP contribution >= 0.6 is 31.9 Å². The number of fused-ring (bicyclic) bond motifs is 1. The fraction of sp³-hybridized carbons (Fsp3) is 0. The molecule has 0 aliphatic heterocycles. The number of rotatable bonds is 2. The lowest BCUT2D eigenvalue weighted by Crippen LogP contribution is -1.95. The van der Waals surface area contributed by atoms with Gasteiger partial charge in [-0.2, -0.15) is 0 Å². The van der Waals surface area contributed by atoms with Crippen molar-refractivity contribution >= 4 is 60.0 Å². The molecule has 0 saturated heterocycles. The number of hydrogen-bond acceptors (Lipinski definition) is 3. The van der Waals surface area contributed by atoms with Crippen LogP contribution < -0.4 is 11.1 Å². The Balaban J connectivity index is 1.96. The minimum absolute atomic E-state index is 0.746. The fourth-order valence-corrected chi connectivity index (χ4v) is 3.09. The van der Waals surface area contributed by atoms with Gasteiger partial charge in [0.25, 0.3) is 0 Å². The molecule has 3 rings (SSSR count). The zero-order chi connectivity index (χ0) is 14.1. The molecule has 0 saturated carbocycles. The molecular formula is C15H11Br2N3. The molecule has 1 aromatic heterocycles. The van der Waals surface area contributed by atoms with Crippen LogP contribution in [0.1, 0.15) is 0 Å². The minimum Gasteiger partial charge on any atom is -0.399 e. The zero-order valence-corrected chi connectivity index (χ0v) is 13.6. The SMILES string of the molecule is Nc1ccc2nc(Nc3ccc(Br)cc3Br)ccc2c1. The Morgan fingerprint density at radius 1 is 0.950 bits per heavy atom. The number of nitrogens with one attached hydrogen (secondary N) is 1. The molecule has 0 radical (unpaired) electrons. The van der Waals surface area contributed by atoms with Gasteiger partial charge in [0.15, 0.2) is 0 Å². The molecule has 20 heavy (non-hydrogen) atoms. The predicted molar refractivity (Wildman–Crippen MR) is 91.3 cm³/mol. The summed E-state index contributed by atoms with van der Waals surface area (Å²) in [6.45, 7) is 0. The largest absolute Gasteiger partial charge is 0.399 e. The second-order valence-electron chi connectivity index (χ2n) is 4.40. The number of aromatic nitrogens is 1. The van der Waals surface area contributed by atoms with E-state index in [1.165, 1.54) is 0 Å². The normalized spacial score (nSPS) is 10.7. The molecule has 0 spiro atoms.